The van der Waals surface area contributed by atoms with Crippen molar-refractivity contribution >= 4 is 30.5 Å². The lowest BCUT2D eigenvalue weighted by atomic mass is 9.98. The quantitative estimate of drug-likeness (QED) is 0.244. The van der Waals surface area contributed by atoms with E-state index in [2.05, 4.69) is 0 Å². The first-order valence-electron chi connectivity index (χ1n) is 11.6. The number of carbonyl (C=O) groups excluding carboxylic acids is 1. The molecule has 2 aromatic rings. The second-order valence-electron chi connectivity index (χ2n) is 8.58. The van der Waals surface area contributed by atoms with Crippen molar-refractivity contribution in [2.24, 2.45) is 0 Å². The maximum absolute atomic E-state index is 13.3. The van der Waals surface area contributed by atoms with Gasteiger partial charge in [-0.2, -0.15) is 0 Å². The van der Waals surface area contributed by atoms with Gasteiger partial charge in [-0.25, -0.2) is 22.3 Å². The van der Waals surface area contributed by atoms with Crippen LogP contribution in [-0.4, -0.2) is 65.9 Å². The Balaban J connectivity index is 1.63. The molecule has 2 N–H and O–H groups in total. The summed E-state index contributed by atoms with van der Waals surface area (Å²) in [6.07, 6.45) is 3.63. The number of benzene rings is 2. The molecular formula is C25H31NO9S2. The molecule has 37 heavy (non-hydrogen) atoms. The molecule has 10 nitrogen and oxygen atoms in total. The molecule has 0 radical (unpaired) electrons. The number of hydrogen-bond donors (Lipinski definition) is 2. The SMILES string of the molecule is COc1ccc(/C(=C/CCCOc2ccc(S(=O)(=O)C3(C(=O)NO)CCOCC3)cc2)S(C)(=O)=O)cc1. The Morgan fingerprint density at radius 1 is 1.03 bits per heavy atom. The number of carbonyl (C=O) groups is 1. The van der Waals surface area contributed by atoms with Crippen LogP contribution in [0.25, 0.3) is 4.91 Å². The summed E-state index contributed by atoms with van der Waals surface area (Å²) in [6.45, 7) is 0.444. The number of allylic oxidation sites excluding steroid dienone is 1. The van der Waals surface area contributed by atoms with Crippen LogP contribution < -0.4 is 15.0 Å². The predicted octanol–water partition coefficient (Wildman–Crippen LogP) is 2.77. The van der Waals surface area contributed by atoms with E-state index in [1.54, 1.807) is 30.3 Å². The molecule has 0 saturated carbocycles. The molecule has 1 fully saturated rings. The number of ether oxygens (including phenoxy) is 3. The molecule has 0 bridgehead atoms. The third-order valence-corrected chi connectivity index (χ3v) is 9.90. The van der Waals surface area contributed by atoms with Crippen molar-refractivity contribution in [3.8, 4) is 11.5 Å². The van der Waals surface area contributed by atoms with Crippen molar-refractivity contribution in [1.29, 1.82) is 0 Å². The molecule has 1 amide bonds. The predicted molar refractivity (Wildman–Crippen MR) is 137 cm³/mol. The minimum Gasteiger partial charge on any atom is -0.497 e. The highest BCUT2D eigenvalue weighted by Crippen LogP contribution is 2.35. The molecule has 0 aliphatic carbocycles. The highest BCUT2D eigenvalue weighted by atomic mass is 32.2. The van der Waals surface area contributed by atoms with Crippen LogP contribution in [0.5, 0.6) is 11.5 Å². The lowest BCUT2D eigenvalue weighted by Crippen LogP contribution is -2.54. The van der Waals surface area contributed by atoms with Crippen molar-refractivity contribution in [2.45, 2.75) is 35.3 Å². The number of methoxy groups -OCH3 is 1. The number of hydrogen-bond acceptors (Lipinski definition) is 9. The number of hydroxylamine groups is 1. The normalized spacial score (nSPS) is 16.1. The first kappa shape index (κ1) is 28.6. The molecule has 1 saturated heterocycles. The van der Waals surface area contributed by atoms with Crippen molar-refractivity contribution < 1.29 is 41.0 Å². The average Bonchev–Trinajstić information content (AvgIpc) is 2.90. The van der Waals surface area contributed by atoms with E-state index >= 15 is 0 Å². The number of sulfone groups is 2. The molecular weight excluding hydrogens is 522 g/mol. The van der Waals surface area contributed by atoms with Gasteiger partial charge in [-0.05, 0) is 67.6 Å². The van der Waals surface area contributed by atoms with Gasteiger partial charge in [-0.1, -0.05) is 18.2 Å². The molecule has 3 rings (SSSR count). The van der Waals surface area contributed by atoms with Crippen LogP contribution in [-0.2, 0) is 29.2 Å². The summed E-state index contributed by atoms with van der Waals surface area (Å²) in [5.74, 6) is 0.0738. The minimum absolute atomic E-state index is 0.0643. The van der Waals surface area contributed by atoms with E-state index in [0.29, 0.717) is 29.9 Å². The summed E-state index contributed by atoms with van der Waals surface area (Å²) in [4.78, 5) is 12.5. The fraction of sp³-hybridized carbons (Fsp3) is 0.400. The second kappa shape index (κ2) is 12.1. The minimum atomic E-state index is -4.12. The first-order chi connectivity index (χ1) is 17.5. The van der Waals surface area contributed by atoms with Gasteiger partial charge in [0.2, 0.25) is 0 Å². The molecule has 0 atom stereocenters. The van der Waals surface area contributed by atoms with Gasteiger partial charge in [0.15, 0.2) is 24.4 Å². The number of unbranched alkanes of at least 4 members (excludes halogenated alkanes) is 1. The van der Waals surface area contributed by atoms with Crippen molar-refractivity contribution in [1.82, 2.24) is 5.48 Å². The van der Waals surface area contributed by atoms with Crippen molar-refractivity contribution in [3.63, 3.8) is 0 Å². The third-order valence-electron chi connectivity index (χ3n) is 6.19. The molecule has 1 aliphatic heterocycles. The lowest BCUT2D eigenvalue weighted by molar-refractivity contribution is -0.134. The van der Waals surface area contributed by atoms with Crippen LogP contribution in [0.1, 0.15) is 31.2 Å². The van der Waals surface area contributed by atoms with E-state index in [0.717, 1.165) is 6.26 Å². The first-order valence-corrected chi connectivity index (χ1v) is 15.0. The number of amides is 1. The topological polar surface area (TPSA) is 145 Å². The lowest BCUT2D eigenvalue weighted by Gasteiger charge is -2.34. The van der Waals surface area contributed by atoms with Crippen LogP contribution in [0, 0.1) is 0 Å². The zero-order valence-electron chi connectivity index (χ0n) is 20.7. The van der Waals surface area contributed by atoms with Gasteiger partial charge in [-0.15, -0.1) is 0 Å². The molecule has 0 aromatic heterocycles. The van der Waals surface area contributed by atoms with E-state index in [9.17, 15) is 21.6 Å². The summed E-state index contributed by atoms with van der Waals surface area (Å²) in [6, 6.07) is 12.5. The van der Waals surface area contributed by atoms with E-state index in [4.69, 9.17) is 19.4 Å². The van der Waals surface area contributed by atoms with Gasteiger partial charge in [0.25, 0.3) is 5.91 Å². The van der Waals surface area contributed by atoms with Crippen LogP contribution in [0.3, 0.4) is 0 Å². The van der Waals surface area contributed by atoms with Gasteiger partial charge < -0.3 is 14.2 Å². The van der Waals surface area contributed by atoms with Gasteiger partial charge in [0.05, 0.1) is 23.5 Å². The summed E-state index contributed by atoms with van der Waals surface area (Å²) in [7, 11) is -6.03. The highest BCUT2D eigenvalue weighted by Gasteiger charge is 2.52. The second-order valence-corrected chi connectivity index (χ2v) is 12.8. The monoisotopic (exact) mass is 553 g/mol. The number of nitrogens with one attached hydrogen (secondary N) is 1. The maximum atomic E-state index is 13.3. The van der Waals surface area contributed by atoms with Crippen molar-refractivity contribution in [3.05, 3.63) is 60.2 Å². The fourth-order valence-electron chi connectivity index (χ4n) is 4.11. The molecule has 12 heteroatoms. The largest absolute Gasteiger partial charge is 0.497 e. The number of rotatable bonds is 11. The van der Waals surface area contributed by atoms with E-state index < -0.39 is 30.3 Å². The Morgan fingerprint density at radius 2 is 1.62 bits per heavy atom. The fourth-order valence-corrected chi connectivity index (χ4v) is 7.03. The molecule has 0 unspecified atom stereocenters. The highest BCUT2D eigenvalue weighted by molar-refractivity contribution is 8.00. The third kappa shape index (κ3) is 6.50. The average molecular weight is 554 g/mol. The maximum Gasteiger partial charge on any atom is 0.265 e. The molecule has 1 heterocycles. The molecule has 0 spiro atoms. The Labute approximate surface area is 217 Å². The standard InChI is InChI=1S/C25H31NO9S2/c1-33-20-8-6-19(7-9-20)23(36(2,29)30)5-3-4-16-35-21-10-12-22(13-11-21)37(31,32)25(24(27)26-28)14-17-34-18-15-25/h5-13,28H,3-4,14-18H2,1-2H3,(H,26,27)/b23-5-. The molecule has 202 valence electrons. The molecule has 2 aromatic carbocycles. The summed E-state index contributed by atoms with van der Waals surface area (Å²) < 4.78 is 65.3. The van der Waals surface area contributed by atoms with Gasteiger partial charge >= 0.3 is 0 Å². The zero-order valence-corrected chi connectivity index (χ0v) is 22.3. The van der Waals surface area contributed by atoms with Crippen molar-refractivity contribution in [2.75, 3.05) is 33.2 Å². The van der Waals surface area contributed by atoms with Gasteiger partial charge in [0.1, 0.15) is 11.5 Å². The molecule has 1 aliphatic rings. The Kier molecular flexibility index (Phi) is 9.35. The summed E-state index contributed by atoms with van der Waals surface area (Å²) in [5.41, 5.74) is 2.06. The van der Waals surface area contributed by atoms with Crippen LogP contribution in [0.4, 0.5) is 0 Å². The van der Waals surface area contributed by atoms with E-state index in [1.807, 2.05) is 0 Å². The zero-order chi connectivity index (χ0) is 27.1. The van der Waals surface area contributed by atoms with E-state index in [-0.39, 0.29) is 42.5 Å². The van der Waals surface area contributed by atoms with E-state index in [1.165, 1.54) is 36.9 Å². The van der Waals surface area contributed by atoms with Crippen LogP contribution in [0.15, 0.2) is 59.5 Å². The Hall–Kier alpha value is -2.93. The summed E-state index contributed by atoms with van der Waals surface area (Å²) >= 11 is 0. The van der Waals surface area contributed by atoms with Gasteiger partial charge in [-0.3, -0.25) is 10.0 Å². The smallest absolute Gasteiger partial charge is 0.265 e. The van der Waals surface area contributed by atoms with Crippen LogP contribution >= 0.6 is 0 Å². The Bertz CT molecular complexity index is 1310. The van der Waals surface area contributed by atoms with Gasteiger partial charge in [0, 0.05) is 19.5 Å². The Morgan fingerprint density at radius 3 is 2.16 bits per heavy atom. The van der Waals surface area contributed by atoms with Crippen LogP contribution in [0.2, 0.25) is 0 Å². The summed E-state index contributed by atoms with van der Waals surface area (Å²) in [5, 5.41) is 9.14.